The lowest BCUT2D eigenvalue weighted by molar-refractivity contribution is 0.414. The van der Waals surface area contributed by atoms with E-state index in [2.05, 4.69) is 16.5 Å². The number of methoxy groups -OCH3 is 1. The molecule has 0 spiro atoms. The van der Waals surface area contributed by atoms with Crippen LogP contribution in [0.5, 0.6) is 5.75 Å². The van der Waals surface area contributed by atoms with Crippen LogP contribution in [0.4, 0.5) is 5.82 Å². The highest BCUT2D eigenvalue weighted by atomic mass is 16.5. The van der Waals surface area contributed by atoms with Crippen LogP contribution in [0, 0.1) is 0 Å². The van der Waals surface area contributed by atoms with Crippen LogP contribution in [0.3, 0.4) is 0 Å². The monoisotopic (exact) mass is 217 g/mol. The van der Waals surface area contributed by atoms with Crippen molar-refractivity contribution in [1.82, 2.24) is 9.78 Å². The van der Waals surface area contributed by atoms with E-state index in [1.807, 2.05) is 31.3 Å². The number of ether oxygens (including phenoxy) is 1. The summed E-state index contributed by atoms with van der Waals surface area (Å²) in [6, 6.07) is 9.95. The lowest BCUT2D eigenvalue weighted by Gasteiger charge is -2.07. The van der Waals surface area contributed by atoms with Crippen LogP contribution < -0.4 is 10.1 Å². The number of aryl methyl sites for hydroxylation is 1. The average Bonchev–Trinajstić information content (AvgIpc) is 2.72. The summed E-state index contributed by atoms with van der Waals surface area (Å²) in [5.74, 6) is 1.88. The van der Waals surface area contributed by atoms with Gasteiger partial charge in [-0.3, -0.25) is 4.68 Å². The molecule has 2 rings (SSSR count). The standard InChI is InChI=1S/C12H15N3O/c1-15-12(6-7-14-15)13-9-10-4-3-5-11(8-10)16-2/h3-8,13H,9H2,1-2H3. The molecule has 1 aromatic carbocycles. The summed E-state index contributed by atoms with van der Waals surface area (Å²) in [5, 5.41) is 7.40. The maximum absolute atomic E-state index is 5.17. The number of hydrogen-bond donors (Lipinski definition) is 1. The van der Waals surface area contributed by atoms with Crippen molar-refractivity contribution in [2.24, 2.45) is 7.05 Å². The van der Waals surface area contributed by atoms with E-state index in [4.69, 9.17) is 4.74 Å². The molecular formula is C12H15N3O. The fourth-order valence-corrected chi connectivity index (χ4v) is 1.52. The molecule has 4 heteroatoms. The first-order valence-corrected chi connectivity index (χ1v) is 5.14. The molecular weight excluding hydrogens is 202 g/mol. The van der Waals surface area contributed by atoms with Crippen molar-refractivity contribution in [1.29, 1.82) is 0 Å². The van der Waals surface area contributed by atoms with Gasteiger partial charge in [0.15, 0.2) is 0 Å². The second-order valence-electron chi connectivity index (χ2n) is 3.55. The lowest BCUT2D eigenvalue weighted by atomic mass is 10.2. The third-order valence-corrected chi connectivity index (χ3v) is 2.43. The van der Waals surface area contributed by atoms with Crippen LogP contribution in [0.2, 0.25) is 0 Å². The predicted molar refractivity (Wildman–Crippen MR) is 63.5 cm³/mol. The van der Waals surface area contributed by atoms with Crippen LogP contribution in [-0.2, 0) is 13.6 Å². The molecule has 0 saturated heterocycles. The number of anilines is 1. The van der Waals surface area contributed by atoms with Crippen molar-refractivity contribution in [2.75, 3.05) is 12.4 Å². The molecule has 1 heterocycles. The fraction of sp³-hybridized carbons (Fsp3) is 0.250. The zero-order valence-corrected chi connectivity index (χ0v) is 9.47. The van der Waals surface area contributed by atoms with Crippen molar-refractivity contribution in [2.45, 2.75) is 6.54 Å². The Balaban J connectivity index is 2.02. The number of aromatic nitrogens is 2. The first-order chi connectivity index (χ1) is 7.79. The van der Waals surface area contributed by atoms with E-state index in [1.165, 1.54) is 5.56 Å². The van der Waals surface area contributed by atoms with Crippen molar-refractivity contribution in [3.63, 3.8) is 0 Å². The molecule has 4 nitrogen and oxygen atoms in total. The van der Waals surface area contributed by atoms with Gasteiger partial charge in [0, 0.05) is 19.7 Å². The number of hydrogen-bond acceptors (Lipinski definition) is 3. The molecule has 0 aliphatic rings. The summed E-state index contributed by atoms with van der Waals surface area (Å²) in [4.78, 5) is 0. The fourth-order valence-electron chi connectivity index (χ4n) is 1.52. The van der Waals surface area contributed by atoms with Gasteiger partial charge in [0.05, 0.1) is 13.3 Å². The van der Waals surface area contributed by atoms with Gasteiger partial charge in [-0.15, -0.1) is 0 Å². The minimum Gasteiger partial charge on any atom is -0.497 e. The van der Waals surface area contributed by atoms with Crippen molar-refractivity contribution >= 4 is 5.82 Å². The highest BCUT2D eigenvalue weighted by Crippen LogP contribution is 2.14. The van der Waals surface area contributed by atoms with Crippen molar-refractivity contribution in [3.8, 4) is 5.75 Å². The summed E-state index contributed by atoms with van der Waals surface area (Å²) in [6.45, 7) is 0.761. The molecule has 2 aromatic rings. The lowest BCUT2D eigenvalue weighted by Crippen LogP contribution is -2.04. The largest absolute Gasteiger partial charge is 0.497 e. The maximum Gasteiger partial charge on any atom is 0.124 e. The molecule has 16 heavy (non-hydrogen) atoms. The number of benzene rings is 1. The topological polar surface area (TPSA) is 39.1 Å². The van der Waals surface area contributed by atoms with Gasteiger partial charge in [-0.25, -0.2) is 0 Å². The van der Waals surface area contributed by atoms with Gasteiger partial charge < -0.3 is 10.1 Å². The smallest absolute Gasteiger partial charge is 0.124 e. The maximum atomic E-state index is 5.17. The van der Waals surface area contributed by atoms with Crippen LogP contribution in [0.15, 0.2) is 36.5 Å². The highest BCUT2D eigenvalue weighted by Gasteiger charge is 1.98. The Morgan fingerprint density at radius 1 is 1.38 bits per heavy atom. The van der Waals surface area contributed by atoms with Crippen LogP contribution in [-0.4, -0.2) is 16.9 Å². The molecule has 84 valence electrons. The second kappa shape index (κ2) is 4.70. The Morgan fingerprint density at radius 3 is 2.94 bits per heavy atom. The second-order valence-corrected chi connectivity index (χ2v) is 3.55. The summed E-state index contributed by atoms with van der Waals surface area (Å²) in [6.07, 6.45) is 1.77. The summed E-state index contributed by atoms with van der Waals surface area (Å²) in [7, 11) is 3.58. The van der Waals surface area contributed by atoms with E-state index >= 15 is 0 Å². The Morgan fingerprint density at radius 2 is 2.25 bits per heavy atom. The molecule has 0 amide bonds. The minimum absolute atomic E-state index is 0.761. The van der Waals surface area contributed by atoms with Gasteiger partial charge in [-0.05, 0) is 17.7 Å². The van der Waals surface area contributed by atoms with E-state index in [0.717, 1.165) is 18.1 Å². The predicted octanol–water partition coefficient (Wildman–Crippen LogP) is 2.04. The van der Waals surface area contributed by atoms with Gasteiger partial charge >= 0.3 is 0 Å². The third-order valence-electron chi connectivity index (χ3n) is 2.43. The highest BCUT2D eigenvalue weighted by molar-refractivity contribution is 5.36. The van der Waals surface area contributed by atoms with Gasteiger partial charge in [-0.1, -0.05) is 12.1 Å². The number of nitrogens with zero attached hydrogens (tertiary/aromatic N) is 2. The quantitative estimate of drug-likeness (QED) is 0.851. The molecule has 0 radical (unpaired) electrons. The van der Waals surface area contributed by atoms with Gasteiger partial charge in [0.1, 0.15) is 11.6 Å². The SMILES string of the molecule is COc1cccc(CNc2ccnn2C)c1. The van der Waals surface area contributed by atoms with Gasteiger partial charge in [-0.2, -0.15) is 5.10 Å². The number of nitrogens with one attached hydrogen (secondary N) is 1. The molecule has 0 saturated carbocycles. The van der Waals surface area contributed by atoms with Crippen LogP contribution in [0.25, 0.3) is 0 Å². The first-order valence-electron chi connectivity index (χ1n) is 5.14. The summed E-state index contributed by atoms with van der Waals surface area (Å²) < 4.78 is 6.98. The normalized spacial score (nSPS) is 10.1. The zero-order chi connectivity index (χ0) is 11.4. The van der Waals surface area contributed by atoms with E-state index < -0.39 is 0 Å². The van der Waals surface area contributed by atoms with Crippen LogP contribution in [0.1, 0.15) is 5.56 Å². The molecule has 0 atom stereocenters. The third kappa shape index (κ3) is 2.34. The van der Waals surface area contributed by atoms with Crippen molar-refractivity contribution < 1.29 is 4.74 Å². The molecule has 0 aliphatic heterocycles. The van der Waals surface area contributed by atoms with Gasteiger partial charge in [0.2, 0.25) is 0 Å². The first kappa shape index (κ1) is 10.5. The zero-order valence-electron chi connectivity index (χ0n) is 9.47. The Bertz CT molecular complexity index is 465. The minimum atomic E-state index is 0.761. The summed E-state index contributed by atoms with van der Waals surface area (Å²) in [5.41, 5.74) is 1.18. The van der Waals surface area contributed by atoms with E-state index in [1.54, 1.807) is 18.0 Å². The Hall–Kier alpha value is -1.97. The summed E-state index contributed by atoms with van der Waals surface area (Å²) >= 11 is 0. The Labute approximate surface area is 94.9 Å². The molecule has 0 bridgehead atoms. The molecule has 0 fully saturated rings. The Kier molecular flexibility index (Phi) is 3.10. The van der Waals surface area contributed by atoms with Crippen molar-refractivity contribution in [3.05, 3.63) is 42.1 Å². The average molecular weight is 217 g/mol. The van der Waals surface area contributed by atoms with E-state index in [9.17, 15) is 0 Å². The number of rotatable bonds is 4. The van der Waals surface area contributed by atoms with E-state index in [0.29, 0.717) is 0 Å². The van der Waals surface area contributed by atoms with Gasteiger partial charge in [0.25, 0.3) is 0 Å². The van der Waals surface area contributed by atoms with E-state index in [-0.39, 0.29) is 0 Å². The van der Waals surface area contributed by atoms with Crippen LogP contribution >= 0.6 is 0 Å². The molecule has 1 aromatic heterocycles. The molecule has 0 aliphatic carbocycles. The molecule has 1 N–H and O–H groups in total. The molecule has 0 unspecified atom stereocenters.